The van der Waals surface area contributed by atoms with E-state index < -0.39 is 0 Å². The van der Waals surface area contributed by atoms with Crippen LogP contribution in [0.15, 0.2) is 237 Å². The van der Waals surface area contributed by atoms with Crippen LogP contribution in [0.3, 0.4) is 0 Å². The van der Waals surface area contributed by atoms with Crippen molar-refractivity contribution in [2.75, 3.05) is 4.90 Å². The second kappa shape index (κ2) is 14.3. The van der Waals surface area contributed by atoms with E-state index in [-0.39, 0.29) is 0 Å². The Bertz CT molecular complexity index is 3560. The fourth-order valence-electron chi connectivity index (χ4n) is 9.48. The molecule has 0 saturated heterocycles. The average molecular weight is 778 g/mol. The molecule has 12 aromatic rings. The minimum atomic E-state index is 1.09. The minimum absolute atomic E-state index is 1.09. The summed E-state index contributed by atoms with van der Waals surface area (Å²) in [5.74, 6) is 0. The molecule has 0 aliphatic rings. The molecule has 0 unspecified atom stereocenters. The molecule has 12 rings (SSSR count). The van der Waals surface area contributed by atoms with Crippen LogP contribution >= 0.6 is 0 Å². The van der Waals surface area contributed by atoms with E-state index in [0.29, 0.717) is 0 Å². The fourth-order valence-corrected chi connectivity index (χ4v) is 9.48. The van der Waals surface area contributed by atoms with Gasteiger partial charge in [-0.1, -0.05) is 152 Å². The maximum absolute atomic E-state index is 2.43. The van der Waals surface area contributed by atoms with Crippen LogP contribution < -0.4 is 4.90 Å². The number of para-hydroxylation sites is 3. The van der Waals surface area contributed by atoms with E-state index in [2.05, 4.69) is 251 Å². The molecule has 0 saturated carbocycles. The Balaban J connectivity index is 1.00. The van der Waals surface area contributed by atoms with Gasteiger partial charge in [0.2, 0.25) is 0 Å². The van der Waals surface area contributed by atoms with Crippen molar-refractivity contribution in [3.63, 3.8) is 0 Å². The van der Waals surface area contributed by atoms with Gasteiger partial charge in [0.15, 0.2) is 0 Å². The lowest BCUT2D eigenvalue weighted by Crippen LogP contribution is -2.10. The van der Waals surface area contributed by atoms with Gasteiger partial charge >= 0.3 is 0 Å². The Morgan fingerprint density at radius 1 is 0.279 bits per heavy atom. The van der Waals surface area contributed by atoms with Gasteiger partial charge in [-0.15, -0.1) is 0 Å². The largest absolute Gasteiger partial charge is 0.310 e. The normalized spacial score (nSPS) is 11.6. The first-order valence-electron chi connectivity index (χ1n) is 20.9. The second-order valence-electron chi connectivity index (χ2n) is 15.8. The summed E-state index contributed by atoms with van der Waals surface area (Å²) in [6, 6.07) is 85.9. The summed E-state index contributed by atoms with van der Waals surface area (Å²) in [4.78, 5) is 2.36. The number of benzene rings is 10. The highest BCUT2D eigenvalue weighted by molar-refractivity contribution is 6.17. The number of hydrogen-bond donors (Lipinski definition) is 0. The second-order valence-corrected chi connectivity index (χ2v) is 15.8. The van der Waals surface area contributed by atoms with Crippen molar-refractivity contribution in [1.82, 2.24) is 9.13 Å². The van der Waals surface area contributed by atoms with Gasteiger partial charge in [0.1, 0.15) is 0 Å². The van der Waals surface area contributed by atoms with E-state index in [0.717, 1.165) is 28.4 Å². The van der Waals surface area contributed by atoms with E-state index >= 15 is 0 Å². The van der Waals surface area contributed by atoms with Gasteiger partial charge in [0.25, 0.3) is 0 Å². The first kappa shape index (κ1) is 34.9. The van der Waals surface area contributed by atoms with Crippen LogP contribution in [0.1, 0.15) is 0 Å². The van der Waals surface area contributed by atoms with Crippen LogP contribution in [0, 0.1) is 0 Å². The molecule has 2 aromatic heterocycles. The van der Waals surface area contributed by atoms with Gasteiger partial charge in [0, 0.05) is 50.0 Å². The molecule has 0 spiro atoms. The van der Waals surface area contributed by atoms with Gasteiger partial charge in [-0.05, 0) is 118 Å². The van der Waals surface area contributed by atoms with Gasteiger partial charge < -0.3 is 14.0 Å². The molecule has 0 atom stereocenters. The first-order valence-corrected chi connectivity index (χ1v) is 20.9. The predicted molar refractivity (Wildman–Crippen MR) is 258 cm³/mol. The summed E-state index contributed by atoms with van der Waals surface area (Å²) in [6.07, 6.45) is 0. The molecule has 10 aromatic carbocycles. The summed E-state index contributed by atoms with van der Waals surface area (Å²) in [5, 5.41) is 7.42. The third-order valence-corrected chi connectivity index (χ3v) is 12.3. The molecule has 2 heterocycles. The van der Waals surface area contributed by atoms with E-state index in [9.17, 15) is 0 Å². The molecule has 0 aliphatic carbocycles. The number of fused-ring (bicyclic) bond motifs is 7. The SMILES string of the molecule is c1ccc(-c2ccc(N(c3ccc(-n4c5ccccc5c5ccc(-c6cccc7c6c6ccccc6n7-c6ccccc6)cc54)cc3)c3ccc4ccccc4c3)cc2)cc1. The number of aromatic nitrogens is 2. The lowest BCUT2D eigenvalue weighted by atomic mass is 9.98. The molecule has 0 N–H and O–H groups in total. The Morgan fingerprint density at radius 2 is 0.803 bits per heavy atom. The summed E-state index contributed by atoms with van der Waals surface area (Å²) >= 11 is 0. The molecule has 3 heteroatoms. The van der Waals surface area contributed by atoms with E-state index in [1.54, 1.807) is 0 Å². The zero-order valence-corrected chi connectivity index (χ0v) is 33.4. The molecule has 286 valence electrons. The highest BCUT2D eigenvalue weighted by atomic mass is 15.1. The van der Waals surface area contributed by atoms with Gasteiger partial charge in [-0.3, -0.25) is 0 Å². The summed E-state index contributed by atoms with van der Waals surface area (Å²) < 4.78 is 4.82. The van der Waals surface area contributed by atoms with Crippen molar-refractivity contribution in [1.29, 1.82) is 0 Å². The quantitative estimate of drug-likeness (QED) is 0.157. The third kappa shape index (κ3) is 5.82. The zero-order valence-electron chi connectivity index (χ0n) is 33.4. The number of rotatable bonds is 7. The molecule has 0 bridgehead atoms. The van der Waals surface area contributed by atoms with Gasteiger partial charge in [-0.25, -0.2) is 0 Å². The molecular weight excluding hydrogens is 739 g/mol. The maximum atomic E-state index is 2.43. The topological polar surface area (TPSA) is 13.1 Å². The van der Waals surface area contributed by atoms with Gasteiger partial charge in [-0.2, -0.15) is 0 Å². The van der Waals surface area contributed by atoms with Crippen molar-refractivity contribution in [2.24, 2.45) is 0 Å². The molecular formula is C58H39N3. The van der Waals surface area contributed by atoms with Crippen LogP contribution in [0.5, 0.6) is 0 Å². The standard InChI is InChI=1S/C58H39N3/c1-3-14-40(15-4-1)42-26-30-46(31-27-42)59(49-32-28-41-16-7-8-17-43(41)38-49)47-33-35-48(36-34-47)61-54-23-11-9-20-51(54)52-37-29-44(39-57(52)61)50-22-13-25-56-58(50)53-21-10-12-24-55(53)60(56)45-18-5-2-6-19-45/h1-39H. The average Bonchev–Trinajstić information content (AvgIpc) is 3.85. The molecule has 61 heavy (non-hydrogen) atoms. The fraction of sp³-hybridized carbons (Fsp3) is 0. The summed E-state index contributed by atoms with van der Waals surface area (Å²) in [6.45, 7) is 0. The van der Waals surface area contributed by atoms with Crippen molar-refractivity contribution in [2.45, 2.75) is 0 Å². The molecule has 0 aliphatic heterocycles. The summed E-state index contributed by atoms with van der Waals surface area (Å²) in [5.41, 5.74) is 15.2. The lowest BCUT2D eigenvalue weighted by molar-refractivity contribution is 1.17. The van der Waals surface area contributed by atoms with E-state index in [1.807, 2.05) is 0 Å². The van der Waals surface area contributed by atoms with Crippen molar-refractivity contribution in [3.8, 4) is 33.6 Å². The van der Waals surface area contributed by atoms with Crippen molar-refractivity contribution >= 4 is 71.4 Å². The van der Waals surface area contributed by atoms with Crippen LogP contribution in [0.2, 0.25) is 0 Å². The smallest absolute Gasteiger partial charge is 0.0547 e. The Hall–Kier alpha value is -8.14. The third-order valence-electron chi connectivity index (χ3n) is 12.3. The number of nitrogens with zero attached hydrogens (tertiary/aromatic N) is 3. The summed E-state index contributed by atoms with van der Waals surface area (Å²) in [7, 11) is 0. The predicted octanol–water partition coefficient (Wildman–Crippen LogP) is 15.8. The maximum Gasteiger partial charge on any atom is 0.0547 e. The monoisotopic (exact) mass is 777 g/mol. The van der Waals surface area contributed by atoms with Crippen molar-refractivity contribution in [3.05, 3.63) is 237 Å². The van der Waals surface area contributed by atoms with E-state index in [4.69, 9.17) is 0 Å². The van der Waals surface area contributed by atoms with Crippen LogP contribution in [-0.4, -0.2) is 9.13 Å². The highest BCUT2D eigenvalue weighted by Crippen LogP contribution is 2.42. The highest BCUT2D eigenvalue weighted by Gasteiger charge is 2.19. The Kier molecular flexibility index (Phi) is 8.17. The molecule has 0 radical (unpaired) electrons. The molecule has 0 fully saturated rings. The minimum Gasteiger partial charge on any atom is -0.310 e. The van der Waals surface area contributed by atoms with E-state index in [1.165, 1.54) is 76.6 Å². The van der Waals surface area contributed by atoms with Crippen LogP contribution in [0.25, 0.3) is 88.0 Å². The van der Waals surface area contributed by atoms with Crippen LogP contribution in [-0.2, 0) is 0 Å². The van der Waals surface area contributed by atoms with Crippen molar-refractivity contribution < 1.29 is 0 Å². The molecule has 3 nitrogen and oxygen atoms in total. The zero-order chi connectivity index (χ0) is 40.3. The van der Waals surface area contributed by atoms with Gasteiger partial charge in [0.05, 0.1) is 22.1 Å². The molecule has 0 amide bonds. The van der Waals surface area contributed by atoms with Crippen LogP contribution in [0.4, 0.5) is 17.1 Å². The first-order chi connectivity index (χ1) is 30.3. The lowest BCUT2D eigenvalue weighted by Gasteiger charge is -2.26. The number of hydrogen-bond acceptors (Lipinski definition) is 1. The Labute approximate surface area is 354 Å². The number of anilines is 3. The Morgan fingerprint density at radius 3 is 1.57 bits per heavy atom.